The smallest absolute Gasteiger partial charge is 0.359 e. The molecule has 8 nitrogen and oxygen atoms in total. The molecule has 21 heavy (non-hydrogen) atoms. The van der Waals surface area contributed by atoms with Crippen LogP contribution in [0.25, 0.3) is 5.53 Å². The highest BCUT2D eigenvalue weighted by molar-refractivity contribution is 8.30. The predicted molar refractivity (Wildman–Crippen MR) is 75.6 cm³/mol. The van der Waals surface area contributed by atoms with E-state index in [1.54, 1.807) is 0 Å². The van der Waals surface area contributed by atoms with Crippen LogP contribution in [0.1, 0.15) is 5.56 Å². The molecule has 0 aliphatic heterocycles. The van der Waals surface area contributed by atoms with Crippen molar-refractivity contribution in [3.05, 3.63) is 35.4 Å². The maximum absolute atomic E-state index is 12.0. The van der Waals surface area contributed by atoms with Crippen molar-refractivity contribution in [2.75, 3.05) is 12.5 Å². The van der Waals surface area contributed by atoms with E-state index in [2.05, 4.69) is 4.79 Å². The average Bonchev–Trinajstić information content (AvgIpc) is 2.25. The highest BCUT2D eigenvalue weighted by Crippen LogP contribution is 2.16. The summed E-state index contributed by atoms with van der Waals surface area (Å²) in [5.74, 6) is -0.277. The molecule has 0 bridgehead atoms. The fourth-order valence-corrected chi connectivity index (χ4v) is 5.13. The van der Waals surface area contributed by atoms with Crippen LogP contribution >= 0.6 is 0 Å². The third kappa shape index (κ3) is 4.46. The minimum atomic E-state index is -4.51. The van der Waals surface area contributed by atoms with Crippen molar-refractivity contribution in [3.8, 4) is 0 Å². The molecule has 0 amide bonds. The minimum Gasteiger partial charge on any atom is -0.359 e. The Morgan fingerprint density at radius 2 is 1.48 bits per heavy atom. The lowest BCUT2D eigenvalue weighted by Gasteiger charge is -2.02. The summed E-state index contributed by atoms with van der Waals surface area (Å²) in [6, 6.07) is 4.58. The van der Waals surface area contributed by atoms with E-state index < -0.39 is 38.8 Å². The van der Waals surface area contributed by atoms with Crippen molar-refractivity contribution in [1.29, 1.82) is 0 Å². The number of rotatable bonds is 3. The van der Waals surface area contributed by atoms with Crippen LogP contribution in [0.4, 0.5) is 0 Å². The molecule has 1 rings (SSSR count). The van der Waals surface area contributed by atoms with Gasteiger partial charge in [-0.15, -0.1) is 4.79 Å². The summed E-state index contributed by atoms with van der Waals surface area (Å²) in [6.45, 7) is 0. The van der Waals surface area contributed by atoms with Crippen LogP contribution in [0.15, 0.2) is 29.2 Å². The van der Waals surface area contributed by atoms with E-state index in [-0.39, 0.29) is 5.75 Å². The molecule has 0 fully saturated rings. The van der Waals surface area contributed by atoms with E-state index in [9.17, 15) is 25.3 Å². The molecule has 0 spiro atoms. The summed E-state index contributed by atoms with van der Waals surface area (Å²) in [6.07, 6.45) is 1.62. The summed E-state index contributed by atoms with van der Waals surface area (Å²) in [7, 11) is -12.0. The Labute approximate surface area is 122 Å². The first-order valence-electron chi connectivity index (χ1n) is 5.32. The Balaban J connectivity index is 3.33. The van der Waals surface area contributed by atoms with Gasteiger partial charge in [-0.3, -0.25) is 0 Å². The van der Waals surface area contributed by atoms with Crippen molar-refractivity contribution in [2.45, 2.75) is 10.6 Å². The van der Waals surface area contributed by atoms with Crippen molar-refractivity contribution < 1.29 is 30.0 Å². The minimum absolute atomic E-state index is 0.277. The fraction of sp³-hybridized carbons (Fsp3) is 0.300. The first kappa shape index (κ1) is 17.5. The van der Waals surface area contributed by atoms with Gasteiger partial charge in [-0.2, -0.15) is 0 Å². The third-order valence-corrected chi connectivity index (χ3v) is 6.87. The Kier molecular flexibility index (Phi) is 4.73. The zero-order valence-electron chi connectivity index (χ0n) is 11.1. The van der Waals surface area contributed by atoms with E-state index >= 15 is 0 Å². The monoisotopic (exact) mass is 352 g/mol. The molecule has 1 aromatic carbocycles. The molecular formula is C10H12N2O6S3. The Morgan fingerprint density at radius 3 is 1.81 bits per heavy atom. The zero-order chi connectivity index (χ0) is 16.5. The standard InChI is InChI=1S/C10H12N2O6S3/c1-19(13,14)7-8-3-5-9(6-4-8)21(17,18)10(12-11)20(2,15)16/h3-6H,7H2,1-2H3. The average molecular weight is 352 g/mol. The first-order chi connectivity index (χ1) is 9.38. The van der Waals surface area contributed by atoms with Gasteiger partial charge in [0.1, 0.15) is 0 Å². The zero-order valence-corrected chi connectivity index (χ0v) is 13.5. The number of nitrogens with zero attached hydrogens (tertiary/aromatic N) is 2. The molecule has 0 aliphatic rings. The lowest BCUT2D eigenvalue weighted by Crippen LogP contribution is -2.25. The second-order valence-electron chi connectivity index (χ2n) is 4.36. The van der Waals surface area contributed by atoms with Gasteiger partial charge in [0, 0.05) is 6.26 Å². The van der Waals surface area contributed by atoms with E-state index in [1.165, 1.54) is 12.1 Å². The van der Waals surface area contributed by atoms with Gasteiger partial charge >= 0.3 is 4.38 Å². The molecule has 0 unspecified atom stereocenters. The van der Waals surface area contributed by atoms with Crippen molar-refractivity contribution in [1.82, 2.24) is 0 Å². The normalized spacial score (nSPS) is 12.7. The Bertz CT molecular complexity index is 906. The Hall–Kier alpha value is -1.55. The summed E-state index contributed by atoms with van der Waals surface area (Å²) in [5.41, 5.74) is 8.96. The van der Waals surface area contributed by atoms with E-state index in [0.717, 1.165) is 18.4 Å². The summed E-state index contributed by atoms with van der Waals surface area (Å²) >= 11 is 0. The van der Waals surface area contributed by atoms with E-state index in [1.807, 2.05) is 0 Å². The van der Waals surface area contributed by atoms with Crippen LogP contribution in [0, 0.1) is 0 Å². The van der Waals surface area contributed by atoms with Crippen LogP contribution in [-0.4, -0.2) is 46.9 Å². The van der Waals surface area contributed by atoms with Gasteiger partial charge in [0.25, 0.3) is 19.7 Å². The largest absolute Gasteiger partial charge is 0.499 e. The lowest BCUT2D eigenvalue weighted by atomic mass is 10.2. The highest BCUT2D eigenvalue weighted by atomic mass is 32.3. The molecule has 0 atom stereocenters. The second kappa shape index (κ2) is 5.68. The summed E-state index contributed by atoms with van der Waals surface area (Å²) in [5, 5.41) is 0. The van der Waals surface area contributed by atoms with Gasteiger partial charge in [0.2, 0.25) is 0 Å². The van der Waals surface area contributed by atoms with Gasteiger partial charge in [-0.25, -0.2) is 25.3 Å². The van der Waals surface area contributed by atoms with Gasteiger partial charge in [-0.05, 0) is 17.7 Å². The molecule has 0 heterocycles. The quantitative estimate of drug-likeness (QED) is 0.315. The summed E-state index contributed by atoms with van der Waals surface area (Å²) in [4.78, 5) is 1.92. The highest BCUT2D eigenvalue weighted by Gasteiger charge is 2.39. The second-order valence-corrected chi connectivity index (χ2v) is 10.6. The molecule has 0 saturated heterocycles. The van der Waals surface area contributed by atoms with Crippen LogP contribution in [0.3, 0.4) is 0 Å². The van der Waals surface area contributed by atoms with Crippen molar-refractivity contribution in [2.24, 2.45) is 0 Å². The van der Waals surface area contributed by atoms with Gasteiger partial charge in [-0.1, -0.05) is 12.1 Å². The molecule has 1 aromatic rings. The SMILES string of the molecule is CS(=O)(=O)Cc1ccc(S(=O)(=O)C(=[N+]=[N-])S(C)(=O)=O)cc1. The first-order valence-corrected chi connectivity index (χ1v) is 10.8. The van der Waals surface area contributed by atoms with Crippen LogP contribution < -0.4 is 0 Å². The topological polar surface area (TPSA) is 139 Å². The van der Waals surface area contributed by atoms with Gasteiger partial charge in [0.15, 0.2) is 9.84 Å². The van der Waals surface area contributed by atoms with E-state index in [0.29, 0.717) is 11.8 Å². The van der Waals surface area contributed by atoms with Crippen LogP contribution in [0.5, 0.6) is 0 Å². The number of sulfone groups is 3. The summed E-state index contributed by atoms with van der Waals surface area (Å²) < 4.78 is 67.5. The maximum atomic E-state index is 12.0. The molecule has 0 aromatic heterocycles. The fourth-order valence-electron chi connectivity index (χ4n) is 1.50. The number of benzene rings is 1. The van der Waals surface area contributed by atoms with Crippen molar-refractivity contribution >= 4 is 33.9 Å². The van der Waals surface area contributed by atoms with E-state index in [4.69, 9.17) is 5.53 Å². The van der Waals surface area contributed by atoms with Crippen LogP contribution in [-0.2, 0) is 35.3 Å². The Morgan fingerprint density at radius 1 is 1.00 bits per heavy atom. The molecular weight excluding hydrogens is 340 g/mol. The molecule has 116 valence electrons. The van der Waals surface area contributed by atoms with Gasteiger partial charge in [0.05, 0.1) is 16.9 Å². The predicted octanol–water partition coefficient (Wildman–Crippen LogP) is -0.365. The van der Waals surface area contributed by atoms with Gasteiger partial charge < -0.3 is 5.53 Å². The molecule has 11 heteroatoms. The molecule has 0 aliphatic carbocycles. The molecule has 0 radical (unpaired) electrons. The molecule has 0 saturated carbocycles. The van der Waals surface area contributed by atoms with Crippen molar-refractivity contribution in [3.63, 3.8) is 0 Å². The number of hydrogen-bond donors (Lipinski definition) is 0. The number of hydrogen-bond acceptors (Lipinski definition) is 6. The maximum Gasteiger partial charge on any atom is 0.499 e. The van der Waals surface area contributed by atoms with Crippen LogP contribution in [0.2, 0.25) is 0 Å². The third-order valence-electron chi connectivity index (χ3n) is 2.29. The molecule has 0 N–H and O–H groups in total. The lowest BCUT2D eigenvalue weighted by molar-refractivity contribution is 0.00385.